The number of rotatable bonds is 5. The van der Waals surface area contributed by atoms with Crippen molar-refractivity contribution in [2.24, 2.45) is 5.41 Å². The highest BCUT2D eigenvalue weighted by Crippen LogP contribution is 2.43. The number of carboxylic acids is 1. The van der Waals surface area contributed by atoms with Crippen LogP contribution in [0.4, 0.5) is 0 Å². The van der Waals surface area contributed by atoms with E-state index in [1.807, 2.05) is 0 Å². The second-order valence-electron chi connectivity index (χ2n) is 4.87. The summed E-state index contributed by atoms with van der Waals surface area (Å²) in [5.74, 6) is -0.957. The average Bonchev–Trinajstić information content (AvgIpc) is 2.67. The second-order valence-corrected chi connectivity index (χ2v) is 4.87. The number of carbonyl (C=O) groups excluding carboxylic acids is 1. The Bertz CT molecular complexity index is 462. The van der Waals surface area contributed by atoms with Gasteiger partial charge in [-0.3, -0.25) is 9.59 Å². The molecule has 0 saturated heterocycles. The Balaban J connectivity index is 1.93. The van der Waals surface area contributed by atoms with E-state index in [0.29, 0.717) is 12.2 Å². The first-order chi connectivity index (χ1) is 8.52. The van der Waals surface area contributed by atoms with Crippen LogP contribution in [0.3, 0.4) is 0 Å². The fraction of sp³-hybridized carbons (Fsp3) is 0.583. The fourth-order valence-electron chi connectivity index (χ4n) is 2.28. The molecule has 1 saturated carbocycles. The topological polar surface area (TPSA) is 92.4 Å². The molecule has 1 aromatic heterocycles. The van der Waals surface area contributed by atoms with Gasteiger partial charge in [0, 0.05) is 6.54 Å². The van der Waals surface area contributed by atoms with Gasteiger partial charge in [-0.15, -0.1) is 0 Å². The van der Waals surface area contributed by atoms with Gasteiger partial charge in [0.05, 0.1) is 12.1 Å². The Morgan fingerprint density at radius 1 is 1.56 bits per heavy atom. The molecule has 6 heteroatoms. The number of nitrogens with one attached hydrogen (secondary N) is 1. The molecule has 0 aromatic carbocycles. The minimum Gasteiger partial charge on any atom is -0.481 e. The van der Waals surface area contributed by atoms with E-state index in [1.54, 1.807) is 6.92 Å². The predicted octanol–water partition coefficient (Wildman–Crippen LogP) is 1.36. The van der Waals surface area contributed by atoms with Gasteiger partial charge in [0.2, 0.25) is 5.76 Å². The third-order valence-corrected chi connectivity index (χ3v) is 3.52. The van der Waals surface area contributed by atoms with Crippen LogP contribution < -0.4 is 5.32 Å². The lowest BCUT2D eigenvalue weighted by atomic mass is 9.66. The summed E-state index contributed by atoms with van der Waals surface area (Å²) in [6.45, 7) is 2.06. The van der Waals surface area contributed by atoms with Gasteiger partial charge in [0.25, 0.3) is 5.91 Å². The van der Waals surface area contributed by atoms with E-state index in [2.05, 4.69) is 10.3 Å². The number of oxazole rings is 1. The monoisotopic (exact) mass is 252 g/mol. The van der Waals surface area contributed by atoms with Gasteiger partial charge in [-0.05, 0) is 25.2 Å². The summed E-state index contributed by atoms with van der Waals surface area (Å²) < 4.78 is 4.98. The molecule has 98 valence electrons. The van der Waals surface area contributed by atoms with E-state index in [-0.39, 0.29) is 23.5 Å². The quantitative estimate of drug-likeness (QED) is 0.825. The number of aromatic nitrogens is 1. The minimum atomic E-state index is -0.820. The molecule has 0 spiro atoms. The van der Waals surface area contributed by atoms with Gasteiger partial charge in [-0.25, -0.2) is 4.98 Å². The first kappa shape index (κ1) is 12.6. The van der Waals surface area contributed by atoms with E-state index in [0.717, 1.165) is 19.3 Å². The molecule has 0 atom stereocenters. The van der Waals surface area contributed by atoms with Crippen molar-refractivity contribution >= 4 is 11.9 Å². The maximum Gasteiger partial charge on any atom is 0.303 e. The Kier molecular flexibility index (Phi) is 3.36. The highest BCUT2D eigenvalue weighted by Gasteiger charge is 2.39. The van der Waals surface area contributed by atoms with E-state index in [1.165, 1.54) is 6.39 Å². The molecular formula is C12H16N2O4. The average molecular weight is 252 g/mol. The van der Waals surface area contributed by atoms with Crippen molar-refractivity contribution < 1.29 is 19.1 Å². The number of hydrogen-bond acceptors (Lipinski definition) is 4. The number of carbonyl (C=O) groups is 2. The molecule has 0 unspecified atom stereocenters. The molecule has 1 fully saturated rings. The third kappa shape index (κ3) is 2.52. The van der Waals surface area contributed by atoms with E-state index >= 15 is 0 Å². The van der Waals surface area contributed by atoms with Crippen molar-refractivity contribution in [1.82, 2.24) is 10.3 Å². The summed E-state index contributed by atoms with van der Waals surface area (Å²) in [7, 11) is 0. The summed E-state index contributed by atoms with van der Waals surface area (Å²) in [5, 5.41) is 11.6. The molecule has 1 heterocycles. The molecule has 18 heavy (non-hydrogen) atoms. The smallest absolute Gasteiger partial charge is 0.303 e. The van der Waals surface area contributed by atoms with E-state index in [4.69, 9.17) is 9.52 Å². The zero-order valence-corrected chi connectivity index (χ0v) is 10.2. The van der Waals surface area contributed by atoms with Crippen LogP contribution in [0, 0.1) is 12.3 Å². The normalized spacial score (nSPS) is 16.9. The van der Waals surface area contributed by atoms with Crippen LogP contribution in [-0.4, -0.2) is 28.5 Å². The highest BCUT2D eigenvalue weighted by molar-refractivity contribution is 5.92. The molecule has 1 aliphatic rings. The van der Waals surface area contributed by atoms with Gasteiger partial charge in [-0.2, -0.15) is 0 Å². The SMILES string of the molecule is Cc1ncoc1C(=O)NCC1(CC(=O)O)CCC1. The number of nitrogens with zero attached hydrogens (tertiary/aromatic N) is 1. The second kappa shape index (κ2) is 4.80. The predicted molar refractivity (Wildman–Crippen MR) is 62.1 cm³/mol. The number of hydrogen-bond donors (Lipinski definition) is 2. The van der Waals surface area contributed by atoms with E-state index < -0.39 is 5.97 Å². The zero-order chi connectivity index (χ0) is 13.2. The van der Waals surface area contributed by atoms with Crippen LogP contribution in [-0.2, 0) is 4.79 Å². The molecule has 1 amide bonds. The van der Waals surface area contributed by atoms with Crippen LogP contribution in [0.5, 0.6) is 0 Å². The minimum absolute atomic E-state index is 0.0999. The first-order valence-electron chi connectivity index (χ1n) is 5.92. The van der Waals surface area contributed by atoms with Crippen molar-refractivity contribution in [2.45, 2.75) is 32.6 Å². The number of carboxylic acid groups (broad SMARTS) is 1. The lowest BCUT2D eigenvalue weighted by Crippen LogP contribution is -2.43. The number of aryl methyl sites for hydroxylation is 1. The third-order valence-electron chi connectivity index (χ3n) is 3.52. The van der Waals surface area contributed by atoms with Crippen LogP contribution in [0.1, 0.15) is 41.9 Å². The van der Waals surface area contributed by atoms with Crippen LogP contribution >= 0.6 is 0 Å². The summed E-state index contributed by atoms with van der Waals surface area (Å²) in [6, 6.07) is 0. The summed E-state index contributed by atoms with van der Waals surface area (Å²) >= 11 is 0. The van der Waals surface area contributed by atoms with Crippen molar-refractivity contribution in [2.75, 3.05) is 6.54 Å². The lowest BCUT2D eigenvalue weighted by molar-refractivity contribution is -0.141. The zero-order valence-electron chi connectivity index (χ0n) is 10.2. The molecular weight excluding hydrogens is 236 g/mol. The Labute approximate surface area is 104 Å². The summed E-state index contributed by atoms with van der Waals surface area (Å²) in [6.07, 6.45) is 4.03. The summed E-state index contributed by atoms with van der Waals surface area (Å²) in [4.78, 5) is 26.4. The van der Waals surface area contributed by atoms with Gasteiger partial charge in [0.1, 0.15) is 0 Å². The molecule has 2 N–H and O–H groups in total. The van der Waals surface area contributed by atoms with Crippen molar-refractivity contribution in [1.29, 1.82) is 0 Å². The number of aliphatic carboxylic acids is 1. The maximum atomic E-state index is 11.8. The van der Waals surface area contributed by atoms with Gasteiger partial charge >= 0.3 is 5.97 Å². The molecule has 1 aliphatic carbocycles. The van der Waals surface area contributed by atoms with Crippen LogP contribution in [0.2, 0.25) is 0 Å². The van der Waals surface area contributed by atoms with Gasteiger partial charge < -0.3 is 14.8 Å². The lowest BCUT2D eigenvalue weighted by Gasteiger charge is -2.40. The molecule has 2 rings (SSSR count). The van der Waals surface area contributed by atoms with E-state index in [9.17, 15) is 9.59 Å². The highest BCUT2D eigenvalue weighted by atomic mass is 16.4. The molecule has 0 radical (unpaired) electrons. The largest absolute Gasteiger partial charge is 0.481 e. The van der Waals surface area contributed by atoms with Crippen molar-refractivity contribution in [3.05, 3.63) is 17.8 Å². The summed E-state index contributed by atoms with van der Waals surface area (Å²) in [5.41, 5.74) is 0.253. The molecule has 0 bridgehead atoms. The van der Waals surface area contributed by atoms with Crippen molar-refractivity contribution in [3.8, 4) is 0 Å². The van der Waals surface area contributed by atoms with Gasteiger partial charge in [-0.1, -0.05) is 6.42 Å². The molecule has 1 aromatic rings. The maximum absolute atomic E-state index is 11.8. The number of amides is 1. The Hall–Kier alpha value is -1.85. The fourth-order valence-corrected chi connectivity index (χ4v) is 2.28. The van der Waals surface area contributed by atoms with Crippen molar-refractivity contribution in [3.63, 3.8) is 0 Å². The van der Waals surface area contributed by atoms with Gasteiger partial charge in [0.15, 0.2) is 6.39 Å². The van der Waals surface area contributed by atoms with Crippen LogP contribution in [0.25, 0.3) is 0 Å². The van der Waals surface area contributed by atoms with Crippen LogP contribution in [0.15, 0.2) is 10.8 Å². The molecule has 0 aliphatic heterocycles. The molecule has 6 nitrogen and oxygen atoms in total. The Morgan fingerprint density at radius 2 is 2.28 bits per heavy atom. The standard InChI is InChI=1S/C12H16N2O4/c1-8-10(18-7-14-8)11(17)13-6-12(3-2-4-12)5-9(15)16/h7H,2-6H2,1H3,(H,13,17)(H,15,16). The Morgan fingerprint density at radius 3 is 2.72 bits per heavy atom. The first-order valence-corrected chi connectivity index (χ1v) is 5.92.